The lowest BCUT2D eigenvalue weighted by atomic mass is 10.3. The molecule has 2 aromatic heterocycles. The topological polar surface area (TPSA) is 74.7 Å². The summed E-state index contributed by atoms with van der Waals surface area (Å²) in [6, 6.07) is 0. The summed E-state index contributed by atoms with van der Waals surface area (Å²) in [6.07, 6.45) is 6.04. The first-order chi connectivity index (χ1) is 7.83. The van der Waals surface area contributed by atoms with Gasteiger partial charge in [0.1, 0.15) is 11.8 Å². The van der Waals surface area contributed by atoms with Crippen LogP contribution in [0.15, 0.2) is 17.7 Å². The lowest BCUT2D eigenvalue weighted by Gasteiger charge is -2.10. The second kappa shape index (κ2) is 4.03. The van der Waals surface area contributed by atoms with Gasteiger partial charge in [0.05, 0.1) is 12.3 Å². The molecule has 2 heterocycles. The lowest BCUT2D eigenvalue weighted by molar-refractivity contribution is 0.188. The highest BCUT2D eigenvalue weighted by Crippen LogP contribution is 2.34. The van der Waals surface area contributed by atoms with Gasteiger partial charge in [-0.3, -0.25) is 0 Å². The number of aromatic nitrogens is 4. The zero-order valence-electron chi connectivity index (χ0n) is 8.63. The lowest BCUT2D eigenvalue weighted by Crippen LogP contribution is -2.15. The highest BCUT2D eigenvalue weighted by molar-refractivity contribution is 7.99. The summed E-state index contributed by atoms with van der Waals surface area (Å²) in [7, 11) is 0. The van der Waals surface area contributed by atoms with Gasteiger partial charge in [0.15, 0.2) is 10.8 Å². The van der Waals surface area contributed by atoms with Gasteiger partial charge in [-0.2, -0.15) is 0 Å². The molecule has 0 aliphatic heterocycles. The molecule has 6 heteroatoms. The zero-order valence-corrected chi connectivity index (χ0v) is 9.44. The molecular formula is C10H12N4OS. The molecule has 0 saturated heterocycles. The number of aromatic amines is 1. The number of nitrogens with one attached hydrogen (secondary N) is 1. The predicted molar refractivity (Wildman–Crippen MR) is 61.2 cm³/mol. The van der Waals surface area contributed by atoms with E-state index in [2.05, 4.69) is 19.9 Å². The molecule has 16 heavy (non-hydrogen) atoms. The maximum atomic E-state index is 9.73. The number of hydrogen-bond acceptors (Lipinski definition) is 5. The quantitative estimate of drug-likeness (QED) is 0.823. The van der Waals surface area contributed by atoms with Crippen molar-refractivity contribution in [3.63, 3.8) is 0 Å². The van der Waals surface area contributed by atoms with Crippen LogP contribution in [0.3, 0.4) is 0 Å². The summed E-state index contributed by atoms with van der Waals surface area (Å²) in [5.41, 5.74) is 1.53. The minimum Gasteiger partial charge on any atom is -0.392 e. The summed E-state index contributed by atoms with van der Waals surface area (Å²) in [5.74, 6) is 0. The zero-order chi connectivity index (χ0) is 11.0. The molecule has 3 rings (SSSR count). The van der Waals surface area contributed by atoms with Crippen LogP contribution in [0.4, 0.5) is 0 Å². The van der Waals surface area contributed by atoms with E-state index in [4.69, 9.17) is 0 Å². The average molecular weight is 236 g/mol. The normalized spacial score (nSPS) is 25.3. The van der Waals surface area contributed by atoms with E-state index in [-0.39, 0.29) is 11.4 Å². The van der Waals surface area contributed by atoms with Crippen LogP contribution in [-0.2, 0) is 0 Å². The van der Waals surface area contributed by atoms with Crippen molar-refractivity contribution in [3.05, 3.63) is 12.5 Å². The van der Waals surface area contributed by atoms with Gasteiger partial charge in [-0.15, -0.1) is 0 Å². The number of thioether (sulfide) groups is 1. The summed E-state index contributed by atoms with van der Waals surface area (Å²) in [5, 5.41) is 10.8. The summed E-state index contributed by atoms with van der Waals surface area (Å²) in [6.45, 7) is 0. The first kappa shape index (κ1) is 10.0. The Morgan fingerprint density at radius 3 is 3.12 bits per heavy atom. The summed E-state index contributed by atoms with van der Waals surface area (Å²) < 4.78 is 0. The first-order valence-corrected chi connectivity index (χ1v) is 6.21. The maximum Gasteiger partial charge on any atom is 0.181 e. The van der Waals surface area contributed by atoms with Crippen molar-refractivity contribution in [3.8, 4) is 0 Å². The van der Waals surface area contributed by atoms with Crippen LogP contribution in [0.1, 0.15) is 19.3 Å². The standard InChI is InChI=1S/C10H12N4OS/c15-7-2-1-3-8(7)16-10-13-6-4-11-5-12-9(6)14-10/h4-5,7-8,15H,1-3H2,(H,11,12,13,14). The smallest absolute Gasteiger partial charge is 0.181 e. The molecule has 5 nitrogen and oxygen atoms in total. The third-order valence-electron chi connectivity index (χ3n) is 2.82. The number of aliphatic hydroxyl groups excluding tert-OH is 1. The Morgan fingerprint density at radius 2 is 2.38 bits per heavy atom. The number of aliphatic hydroxyl groups is 1. The second-order valence-electron chi connectivity index (χ2n) is 3.96. The fraction of sp³-hybridized carbons (Fsp3) is 0.500. The minimum atomic E-state index is -0.204. The number of imidazole rings is 1. The summed E-state index contributed by atoms with van der Waals surface area (Å²) >= 11 is 1.60. The highest BCUT2D eigenvalue weighted by Gasteiger charge is 2.27. The van der Waals surface area contributed by atoms with E-state index in [1.54, 1.807) is 18.0 Å². The van der Waals surface area contributed by atoms with Crippen LogP contribution in [0.25, 0.3) is 11.2 Å². The third kappa shape index (κ3) is 1.78. The molecule has 1 saturated carbocycles. The van der Waals surface area contributed by atoms with Gasteiger partial charge in [0.2, 0.25) is 0 Å². The molecule has 2 atom stereocenters. The van der Waals surface area contributed by atoms with Gasteiger partial charge in [-0.05, 0) is 19.3 Å². The van der Waals surface area contributed by atoms with E-state index in [1.165, 1.54) is 6.33 Å². The van der Waals surface area contributed by atoms with Crippen molar-refractivity contribution in [1.29, 1.82) is 0 Å². The number of nitrogens with zero attached hydrogens (tertiary/aromatic N) is 3. The molecule has 0 aromatic carbocycles. The van der Waals surface area contributed by atoms with E-state index < -0.39 is 0 Å². The van der Waals surface area contributed by atoms with Crippen molar-refractivity contribution in [2.45, 2.75) is 35.8 Å². The molecule has 2 N–H and O–H groups in total. The van der Waals surface area contributed by atoms with Crippen molar-refractivity contribution >= 4 is 22.9 Å². The van der Waals surface area contributed by atoms with Crippen LogP contribution < -0.4 is 0 Å². The molecule has 1 aliphatic rings. The highest BCUT2D eigenvalue weighted by atomic mass is 32.2. The van der Waals surface area contributed by atoms with Crippen LogP contribution in [-0.4, -0.2) is 36.4 Å². The van der Waals surface area contributed by atoms with Crippen molar-refractivity contribution in [2.24, 2.45) is 0 Å². The maximum absolute atomic E-state index is 9.73. The van der Waals surface area contributed by atoms with Gasteiger partial charge in [0.25, 0.3) is 0 Å². The minimum absolute atomic E-state index is 0.204. The van der Waals surface area contributed by atoms with Gasteiger partial charge >= 0.3 is 0 Å². The van der Waals surface area contributed by atoms with E-state index in [0.29, 0.717) is 5.65 Å². The van der Waals surface area contributed by atoms with Crippen molar-refractivity contribution in [2.75, 3.05) is 0 Å². The molecule has 84 valence electrons. The molecule has 1 fully saturated rings. The fourth-order valence-corrected chi connectivity index (χ4v) is 3.16. The third-order valence-corrected chi connectivity index (χ3v) is 4.09. The monoisotopic (exact) mass is 236 g/mol. The van der Waals surface area contributed by atoms with E-state index >= 15 is 0 Å². The molecule has 0 bridgehead atoms. The van der Waals surface area contributed by atoms with E-state index in [1.807, 2.05) is 0 Å². The molecule has 0 amide bonds. The first-order valence-electron chi connectivity index (χ1n) is 5.33. The largest absolute Gasteiger partial charge is 0.392 e. The molecule has 2 aromatic rings. The number of hydrogen-bond donors (Lipinski definition) is 2. The Hall–Kier alpha value is -1.14. The van der Waals surface area contributed by atoms with Crippen LogP contribution in [0, 0.1) is 0 Å². The van der Waals surface area contributed by atoms with Gasteiger partial charge < -0.3 is 10.1 Å². The van der Waals surface area contributed by atoms with Gasteiger partial charge in [-0.1, -0.05) is 11.8 Å². The predicted octanol–water partition coefficient (Wildman–Crippen LogP) is 1.36. The van der Waals surface area contributed by atoms with Gasteiger partial charge in [0, 0.05) is 5.25 Å². The molecule has 0 radical (unpaired) electrons. The molecule has 1 aliphatic carbocycles. The average Bonchev–Trinajstić information content (AvgIpc) is 2.85. The fourth-order valence-electron chi connectivity index (χ4n) is 1.98. The Labute approximate surface area is 96.7 Å². The van der Waals surface area contributed by atoms with Crippen LogP contribution in [0.5, 0.6) is 0 Å². The Bertz CT molecular complexity index is 467. The molecular weight excluding hydrogens is 224 g/mol. The Balaban J connectivity index is 1.83. The SMILES string of the molecule is OC1CCCC1Sc1nc2ncncc2[nH]1. The van der Waals surface area contributed by atoms with E-state index in [0.717, 1.165) is 29.9 Å². The van der Waals surface area contributed by atoms with E-state index in [9.17, 15) is 5.11 Å². The second-order valence-corrected chi connectivity index (χ2v) is 5.18. The molecule has 0 spiro atoms. The number of rotatable bonds is 2. The Kier molecular flexibility index (Phi) is 2.53. The summed E-state index contributed by atoms with van der Waals surface area (Å²) in [4.78, 5) is 15.5. The van der Waals surface area contributed by atoms with Crippen molar-refractivity contribution in [1.82, 2.24) is 19.9 Å². The molecule has 2 unspecified atom stereocenters. The van der Waals surface area contributed by atoms with Crippen LogP contribution >= 0.6 is 11.8 Å². The number of H-pyrrole nitrogens is 1. The number of fused-ring (bicyclic) bond motifs is 1. The Morgan fingerprint density at radius 1 is 1.44 bits per heavy atom. The van der Waals surface area contributed by atoms with Crippen LogP contribution in [0.2, 0.25) is 0 Å². The van der Waals surface area contributed by atoms with Crippen molar-refractivity contribution < 1.29 is 5.11 Å². The van der Waals surface area contributed by atoms with Gasteiger partial charge in [-0.25, -0.2) is 15.0 Å².